The van der Waals surface area contributed by atoms with Crippen molar-refractivity contribution in [2.45, 2.75) is 46.6 Å². The lowest BCUT2D eigenvalue weighted by Crippen LogP contribution is -2.39. The van der Waals surface area contributed by atoms with E-state index in [-0.39, 0.29) is 11.2 Å². The fourth-order valence-electron chi connectivity index (χ4n) is 2.71. The van der Waals surface area contributed by atoms with Crippen molar-refractivity contribution >= 4 is 5.78 Å². The van der Waals surface area contributed by atoms with E-state index in [1.165, 1.54) is 11.1 Å². The van der Waals surface area contributed by atoms with E-state index in [2.05, 4.69) is 37.8 Å². The van der Waals surface area contributed by atoms with Gasteiger partial charge < -0.3 is 0 Å². The van der Waals surface area contributed by atoms with E-state index in [9.17, 15) is 4.79 Å². The van der Waals surface area contributed by atoms with Gasteiger partial charge in [0.05, 0.1) is 0 Å². The standard InChI is InChI=1S/C15H23NO/c1-11(2)16-8-6-13-5-7-15(4,12(3)17)9-14(13)10-16/h5,7,11H,6,8-10H2,1-4H3. The molecule has 1 aliphatic heterocycles. The van der Waals surface area contributed by atoms with Gasteiger partial charge in [0.1, 0.15) is 5.78 Å². The van der Waals surface area contributed by atoms with Gasteiger partial charge in [-0.05, 0) is 46.1 Å². The summed E-state index contributed by atoms with van der Waals surface area (Å²) in [6, 6.07) is 0.596. The first-order valence-electron chi connectivity index (χ1n) is 6.57. The highest BCUT2D eigenvalue weighted by Crippen LogP contribution is 2.38. The van der Waals surface area contributed by atoms with Crippen molar-refractivity contribution in [2.75, 3.05) is 13.1 Å². The van der Waals surface area contributed by atoms with Crippen LogP contribution < -0.4 is 0 Å². The van der Waals surface area contributed by atoms with Gasteiger partial charge in [0.2, 0.25) is 0 Å². The molecule has 1 heterocycles. The molecule has 1 unspecified atom stereocenters. The van der Waals surface area contributed by atoms with Gasteiger partial charge in [0.15, 0.2) is 0 Å². The predicted molar refractivity (Wildman–Crippen MR) is 70.9 cm³/mol. The fraction of sp³-hybridized carbons (Fsp3) is 0.667. The smallest absolute Gasteiger partial charge is 0.139 e. The van der Waals surface area contributed by atoms with Crippen molar-refractivity contribution in [3.8, 4) is 0 Å². The molecule has 0 fully saturated rings. The summed E-state index contributed by atoms with van der Waals surface area (Å²) < 4.78 is 0. The Morgan fingerprint density at radius 2 is 2.18 bits per heavy atom. The summed E-state index contributed by atoms with van der Waals surface area (Å²) in [6.45, 7) is 10.4. The van der Waals surface area contributed by atoms with Crippen LogP contribution >= 0.6 is 0 Å². The SMILES string of the molecule is CC(=O)C1(C)C=CC2=C(CN(C(C)C)CC2)C1. The third-order valence-corrected chi connectivity index (χ3v) is 4.28. The van der Waals surface area contributed by atoms with Crippen LogP contribution in [0.4, 0.5) is 0 Å². The van der Waals surface area contributed by atoms with Crippen molar-refractivity contribution in [1.82, 2.24) is 4.90 Å². The Balaban J connectivity index is 2.19. The van der Waals surface area contributed by atoms with Crippen LogP contribution in [0.25, 0.3) is 0 Å². The summed E-state index contributed by atoms with van der Waals surface area (Å²) in [5, 5.41) is 0. The van der Waals surface area contributed by atoms with Crippen LogP contribution in [0.2, 0.25) is 0 Å². The number of nitrogens with zero attached hydrogens (tertiary/aromatic N) is 1. The zero-order valence-corrected chi connectivity index (χ0v) is 11.4. The summed E-state index contributed by atoms with van der Waals surface area (Å²) in [6.07, 6.45) is 6.35. The molecule has 0 aromatic carbocycles. The quantitative estimate of drug-likeness (QED) is 0.731. The molecule has 0 radical (unpaired) electrons. The Morgan fingerprint density at radius 3 is 2.76 bits per heavy atom. The molecule has 0 saturated heterocycles. The number of carbonyl (C=O) groups excluding carboxylic acids is 1. The molecular weight excluding hydrogens is 210 g/mol. The molecule has 0 amide bonds. The van der Waals surface area contributed by atoms with Gasteiger partial charge in [-0.2, -0.15) is 0 Å². The van der Waals surface area contributed by atoms with Crippen LogP contribution in [-0.4, -0.2) is 29.8 Å². The molecule has 1 aliphatic carbocycles. The van der Waals surface area contributed by atoms with Gasteiger partial charge in [0, 0.05) is 24.5 Å². The number of hydrogen-bond donors (Lipinski definition) is 0. The molecule has 17 heavy (non-hydrogen) atoms. The van der Waals surface area contributed by atoms with E-state index >= 15 is 0 Å². The zero-order chi connectivity index (χ0) is 12.6. The molecule has 0 N–H and O–H groups in total. The minimum Gasteiger partial charge on any atom is -0.299 e. The highest BCUT2D eigenvalue weighted by Gasteiger charge is 2.33. The first-order valence-corrected chi connectivity index (χ1v) is 6.57. The van der Waals surface area contributed by atoms with Crippen molar-refractivity contribution in [1.29, 1.82) is 0 Å². The van der Waals surface area contributed by atoms with E-state index in [0.29, 0.717) is 6.04 Å². The summed E-state index contributed by atoms with van der Waals surface area (Å²) in [5.74, 6) is 0.280. The van der Waals surface area contributed by atoms with Gasteiger partial charge in [-0.1, -0.05) is 17.7 Å². The molecule has 0 spiro atoms. The summed E-state index contributed by atoms with van der Waals surface area (Å²) in [4.78, 5) is 14.2. The van der Waals surface area contributed by atoms with Crippen LogP contribution in [0, 0.1) is 5.41 Å². The van der Waals surface area contributed by atoms with E-state index in [1.807, 2.05) is 0 Å². The normalized spacial score (nSPS) is 29.7. The highest BCUT2D eigenvalue weighted by molar-refractivity contribution is 5.85. The van der Waals surface area contributed by atoms with E-state index in [4.69, 9.17) is 0 Å². The average molecular weight is 233 g/mol. The second kappa shape index (κ2) is 4.41. The lowest BCUT2D eigenvalue weighted by molar-refractivity contribution is -0.123. The second-order valence-corrected chi connectivity index (χ2v) is 5.93. The first kappa shape index (κ1) is 12.6. The van der Waals surface area contributed by atoms with Crippen LogP contribution in [0.15, 0.2) is 23.3 Å². The lowest BCUT2D eigenvalue weighted by Gasteiger charge is -2.38. The van der Waals surface area contributed by atoms with Crippen LogP contribution in [0.1, 0.15) is 40.5 Å². The van der Waals surface area contributed by atoms with Crippen LogP contribution in [0.5, 0.6) is 0 Å². The largest absolute Gasteiger partial charge is 0.299 e. The molecule has 0 bridgehead atoms. The molecule has 1 atom stereocenters. The fourth-order valence-corrected chi connectivity index (χ4v) is 2.71. The number of rotatable bonds is 2. The number of carbonyl (C=O) groups is 1. The number of allylic oxidation sites excluding steroid dienone is 2. The molecular formula is C15H23NO. The number of ketones is 1. The summed E-state index contributed by atoms with van der Waals surface area (Å²) >= 11 is 0. The Hall–Kier alpha value is -0.890. The minimum atomic E-state index is -0.265. The van der Waals surface area contributed by atoms with Gasteiger partial charge in [-0.25, -0.2) is 0 Å². The Morgan fingerprint density at radius 1 is 1.47 bits per heavy atom. The number of hydrogen-bond acceptors (Lipinski definition) is 2. The zero-order valence-electron chi connectivity index (χ0n) is 11.4. The van der Waals surface area contributed by atoms with Gasteiger partial charge in [0.25, 0.3) is 0 Å². The van der Waals surface area contributed by atoms with Crippen molar-refractivity contribution < 1.29 is 4.79 Å². The first-order chi connectivity index (χ1) is 7.92. The van der Waals surface area contributed by atoms with Crippen molar-refractivity contribution in [3.05, 3.63) is 23.3 Å². The molecule has 0 saturated carbocycles. The maximum absolute atomic E-state index is 11.7. The van der Waals surface area contributed by atoms with Crippen LogP contribution in [-0.2, 0) is 4.79 Å². The van der Waals surface area contributed by atoms with Crippen molar-refractivity contribution in [3.63, 3.8) is 0 Å². The topological polar surface area (TPSA) is 20.3 Å². The molecule has 0 aromatic rings. The molecule has 0 aromatic heterocycles. The van der Waals surface area contributed by atoms with E-state index in [0.717, 1.165) is 25.9 Å². The van der Waals surface area contributed by atoms with E-state index < -0.39 is 0 Å². The maximum Gasteiger partial charge on any atom is 0.139 e. The highest BCUT2D eigenvalue weighted by atomic mass is 16.1. The summed E-state index contributed by atoms with van der Waals surface area (Å²) in [7, 11) is 0. The minimum absolute atomic E-state index is 0.265. The third-order valence-electron chi connectivity index (χ3n) is 4.28. The molecule has 2 rings (SSSR count). The molecule has 94 valence electrons. The Labute approximate surface area is 104 Å². The van der Waals surface area contributed by atoms with Gasteiger partial charge >= 0.3 is 0 Å². The van der Waals surface area contributed by atoms with Gasteiger partial charge in [-0.3, -0.25) is 9.69 Å². The van der Waals surface area contributed by atoms with Gasteiger partial charge in [-0.15, -0.1) is 0 Å². The maximum atomic E-state index is 11.7. The molecule has 2 nitrogen and oxygen atoms in total. The monoisotopic (exact) mass is 233 g/mol. The van der Waals surface area contributed by atoms with Crippen molar-refractivity contribution in [2.24, 2.45) is 5.41 Å². The van der Waals surface area contributed by atoms with E-state index in [1.54, 1.807) is 6.92 Å². The average Bonchev–Trinajstić information content (AvgIpc) is 2.27. The predicted octanol–water partition coefficient (Wildman–Crippen LogP) is 2.95. The molecule has 2 aliphatic rings. The second-order valence-electron chi connectivity index (χ2n) is 5.93. The Bertz CT molecular complexity index is 392. The lowest BCUT2D eigenvalue weighted by atomic mass is 9.74. The summed E-state index contributed by atoms with van der Waals surface area (Å²) in [5.41, 5.74) is 2.68. The third kappa shape index (κ3) is 2.37. The Kier molecular flexibility index (Phi) is 3.26. The molecule has 2 heteroatoms. The number of Topliss-reactive ketones (excluding diaryl/α,β-unsaturated/α-hetero) is 1. The van der Waals surface area contributed by atoms with Crippen LogP contribution in [0.3, 0.4) is 0 Å².